The lowest BCUT2D eigenvalue weighted by molar-refractivity contribution is -0.121. The number of piperidine rings is 1. The van der Waals surface area contributed by atoms with Crippen molar-refractivity contribution in [2.75, 3.05) is 36.0 Å². The van der Waals surface area contributed by atoms with Crippen molar-refractivity contribution in [2.24, 2.45) is 5.92 Å². The molecule has 156 valence electrons. The number of nitrogens with zero attached hydrogens (tertiary/aromatic N) is 2. The summed E-state index contributed by atoms with van der Waals surface area (Å²) < 4.78 is 37.7. The highest BCUT2D eigenvalue weighted by Crippen LogP contribution is 2.23. The number of sulfonamides is 1. The molecule has 2 aromatic rings. The molecule has 1 N–H and O–H groups in total. The van der Waals surface area contributed by atoms with E-state index in [1.54, 1.807) is 36.4 Å². The van der Waals surface area contributed by atoms with Gasteiger partial charge < -0.3 is 5.32 Å². The van der Waals surface area contributed by atoms with Gasteiger partial charge >= 0.3 is 0 Å². The molecule has 3 rings (SSSR count). The summed E-state index contributed by atoms with van der Waals surface area (Å²) in [5.74, 6) is -0.484. The average Bonchev–Trinajstić information content (AvgIpc) is 2.69. The van der Waals surface area contributed by atoms with Crippen LogP contribution in [0.25, 0.3) is 0 Å². The predicted molar refractivity (Wildman–Crippen MR) is 113 cm³/mol. The fraction of sp³-hybridized carbons (Fsp3) is 0.381. The second-order valence-corrected chi connectivity index (χ2v) is 9.48. The first-order valence-corrected chi connectivity index (χ1v) is 11.4. The zero-order valence-corrected chi connectivity index (χ0v) is 17.5. The summed E-state index contributed by atoms with van der Waals surface area (Å²) in [6.07, 6.45) is 2.85. The molecule has 0 radical (unpaired) electrons. The first-order valence-electron chi connectivity index (χ1n) is 9.54. The number of likely N-dealkylation sites (tertiary alicyclic amines) is 1. The number of halogens is 1. The Hall–Kier alpha value is -2.45. The molecular weight excluding hydrogens is 393 g/mol. The average molecular weight is 420 g/mol. The largest absolute Gasteiger partial charge is 0.326 e. The second kappa shape index (κ2) is 8.92. The molecule has 29 heavy (non-hydrogen) atoms. The van der Waals surface area contributed by atoms with E-state index in [0.29, 0.717) is 24.5 Å². The number of hydrogen-bond acceptors (Lipinski definition) is 4. The molecular formula is C21H26FN3O3S. The second-order valence-electron chi connectivity index (χ2n) is 7.47. The summed E-state index contributed by atoms with van der Waals surface area (Å²) in [5, 5.41) is 2.91. The SMILES string of the molecule is CN(c1cccc(NC(=O)[C@@H]2CCCN(Cc3ccc(F)cc3)C2)c1)S(C)(=O)=O. The number of rotatable bonds is 6. The fourth-order valence-corrected chi connectivity index (χ4v) is 3.97. The van der Waals surface area contributed by atoms with Crippen molar-refractivity contribution in [2.45, 2.75) is 19.4 Å². The molecule has 1 amide bonds. The molecule has 1 aliphatic rings. The van der Waals surface area contributed by atoms with Crippen LogP contribution in [-0.4, -0.2) is 45.6 Å². The van der Waals surface area contributed by atoms with Gasteiger partial charge in [0.2, 0.25) is 15.9 Å². The molecule has 0 aliphatic carbocycles. The van der Waals surface area contributed by atoms with Crippen LogP contribution in [0.15, 0.2) is 48.5 Å². The monoisotopic (exact) mass is 419 g/mol. The number of amides is 1. The van der Waals surface area contributed by atoms with E-state index in [1.165, 1.54) is 23.5 Å². The Bertz CT molecular complexity index is 963. The van der Waals surface area contributed by atoms with E-state index in [-0.39, 0.29) is 17.6 Å². The zero-order chi connectivity index (χ0) is 21.0. The van der Waals surface area contributed by atoms with E-state index in [2.05, 4.69) is 10.2 Å². The van der Waals surface area contributed by atoms with Crippen molar-refractivity contribution in [3.8, 4) is 0 Å². The summed E-state index contributed by atoms with van der Waals surface area (Å²) in [6.45, 7) is 2.21. The van der Waals surface area contributed by atoms with Gasteiger partial charge in [-0.3, -0.25) is 14.0 Å². The van der Waals surface area contributed by atoms with Crippen LogP contribution < -0.4 is 9.62 Å². The molecule has 0 bridgehead atoms. The van der Waals surface area contributed by atoms with E-state index >= 15 is 0 Å². The van der Waals surface area contributed by atoms with Crippen LogP contribution in [0.1, 0.15) is 18.4 Å². The van der Waals surface area contributed by atoms with Crippen LogP contribution >= 0.6 is 0 Å². The van der Waals surface area contributed by atoms with Gasteiger partial charge in [0.1, 0.15) is 5.82 Å². The quantitative estimate of drug-likeness (QED) is 0.781. The Kier molecular flexibility index (Phi) is 6.54. The Morgan fingerprint density at radius 2 is 1.97 bits per heavy atom. The van der Waals surface area contributed by atoms with E-state index in [4.69, 9.17) is 0 Å². The van der Waals surface area contributed by atoms with E-state index in [0.717, 1.165) is 31.2 Å². The van der Waals surface area contributed by atoms with Crippen molar-refractivity contribution < 1.29 is 17.6 Å². The van der Waals surface area contributed by atoms with E-state index < -0.39 is 10.0 Å². The first kappa shape index (κ1) is 21.3. The van der Waals surface area contributed by atoms with Gasteiger partial charge in [-0.25, -0.2) is 12.8 Å². The van der Waals surface area contributed by atoms with Crippen LogP contribution in [0.2, 0.25) is 0 Å². The summed E-state index contributed by atoms with van der Waals surface area (Å²) in [5.41, 5.74) is 2.08. The van der Waals surface area contributed by atoms with Crippen molar-refractivity contribution in [3.63, 3.8) is 0 Å². The van der Waals surface area contributed by atoms with Gasteiger partial charge in [-0.1, -0.05) is 18.2 Å². The highest BCUT2D eigenvalue weighted by molar-refractivity contribution is 7.92. The summed E-state index contributed by atoms with van der Waals surface area (Å²) in [6, 6.07) is 13.2. The molecule has 0 aromatic heterocycles. The molecule has 1 aliphatic heterocycles. The van der Waals surface area contributed by atoms with Gasteiger partial charge in [-0.15, -0.1) is 0 Å². The Balaban J connectivity index is 1.62. The molecule has 0 unspecified atom stereocenters. The van der Waals surface area contributed by atoms with Crippen LogP contribution in [0.5, 0.6) is 0 Å². The molecule has 1 saturated heterocycles. The van der Waals surface area contributed by atoms with E-state index in [1.807, 2.05) is 0 Å². The third kappa shape index (κ3) is 5.77. The van der Waals surface area contributed by atoms with Crippen molar-refractivity contribution in [1.82, 2.24) is 4.90 Å². The van der Waals surface area contributed by atoms with Gasteiger partial charge in [0.25, 0.3) is 0 Å². The van der Waals surface area contributed by atoms with Gasteiger partial charge in [-0.05, 0) is 55.3 Å². The van der Waals surface area contributed by atoms with Crippen LogP contribution in [-0.2, 0) is 21.4 Å². The highest BCUT2D eigenvalue weighted by Gasteiger charge is 2.26. The Morgan fingerprint density at radius 3 is 2.66 bits per heavy atom. The zero-order valence-electron chi connectivity index (χ0n) is 16.6. The third-order valence-electron chi connectivity index (χ3n) is 5.17. The van der Waals surface area contributed by atoms with Crippen LogP contribution in [0.3, 0.4) is 0 Å². The maximum atomic E-state index is 13.1. The molecule has 2 aromatic carbocycles. The predicted octanol–water partition coefficient (Wildman–Crippen LogP) is 3.07. The van der Waals surface area contributed by atoms with Gasteiger partial charge in [0, 0.05) is 25.8 Å². The topological polar surface area (TPSA) is 69.7 Å². The standard InChI is InChI=1S/C21H26FN3O3S/c1-24(29(2,27)28)20-7-3-6-19(13-20)23-21(26)17-5-4-12-25(15-17)14-16-8-10-18(22)11-9-16/h3,6-11,13,17H,4-5,12,14-15H2,1-2H3,(H,23,26)/t17-/m1/s1. The van der Waals surface area contributed by atoms with E-state index in [9.17, 15) is 17.6 Å². The number of carbonyl (C=O) groups is 1. The number of nitrogens with one attached hydrogen (secondary N) is 1. The minimum Gasteiger partial charge on any atom is -0.326 e. The Labute approximate surface area is 171 Å². The summed E-state index contributed by atoms with van der Waals surface area (Å²) >= 11 is 0. The van der Waals surface area contributed by atoms with Crippen molar-refractivity contribution in [3.05, 3.63) is 59.9 Å². The van der Waals surface area contributed by atoms with Crippen molar-refractivity contribution >= 4 is 27.3 Å². The number of benzene rings is 2. The minimum atomic E-state index is -3.37. The van der Waals surface area contributed by atoms with Crippen LogP contribution in [0.4, 0.5) is 15.8 Å². The number of hydrogen-bond donors (Lipinski definition) is 1. The molecule has 8 heteroatoms. The normalized spacial score (nSPS) is 17.7. The smallest absolute Gasteiger partial charge is 0.231 e. The summed E-state index contributed by atoms with van der Waals surface area (Å²) in [4.78, 5) is 15.0. The lowest BCUT2D eigenvalue weighted by Gasteiger charge is -2.32. The molecule has 0 saturated carbocycles. The lowest BCUT2D eigenvalue weighted by atomic mass is 9.96. The molecule has 1 atom stereocenters. The molecule has 1 heterocycles. The van der Waals surface area contributed by atoms with Gasteiger partial charge in [-0.2, -0.15) is 0 Å². The molecule has 6 nitrogen and oxygen atoms in total. The third-order valence-corrected chi connectivity index (χ3v) is 6.38. The fourth-order valence-electron chi connectivity index (χ4n) is 3.48. The number of carbonyl (C=O) groups excluding carboxylic acids is 1. The highest BCUT2D eigenvalue weighted by atomic mass is 32.2. The van der Waals surface area contributed by atoms with Gasteiger partial charge in [0.05, 0.1) is 17.9 Å². The molecule has 0 spiro atoms. The van der Waals surface area contributed by atoms with Crippen molar-refractivity contribution in [1.29, 1.82) is 0 Å². The first-order chi connectivity index (χ1) is 13.7. The number of anilines is 2. The van der Waals surface area contributed by atoms with Gasteiger partial charge in [0.15, 0.2) is 0 Å². The maximum Gasteiger partial charge on any atom is 0.231 e. The lowest BCUT2D eigenvalue weighted by Crippen LogP contribution is -2.40. The maximum absolute atomic E-state index is 13.1. The Morgan fingerprint density at radius 1 is 1.24 bits per heavy atom. The molecule has 1 fully saturated rings. The minimum absolute atomic E-state index is 0.0760. The van der Waals surface area contributed by atoms with Crippen LogP contribution in [0, 0.1) is 11.7 Å². The summed E-state index contributed by atoms with van der Waals surface area (Å²) in [7, 11) is -1.89.